The molecule has 1 aliphatic rings. The zero-order valence-electron chi connectivity index (χ0n) is 11.9. The van der Waals surface area contributed by atoms with Crippen LogP contribution in [0.5, 0.6) is 0 Å². The highest BCUT2D eigenvalue weighted by molar-refractivity contribution is 5.50. The van der Waals surface area contributed by atoms with E-state index in [-0.39, 0.29) is 6.04 Å². The van der Waals surface area contributed by atoms with Gasteiger partial charge in [0.15, 0.2) is 5.82 Å². The molecule has 0 radical (unpaired) electrons. The summed E-state index contributed by atoms with van der Waals surface area (Å²) in [6.07, 6.45) is 3.57. The van der Waals surface area contributed by atoms with Crippen LogP contribution in [0.2, 0.25) is 0 Å². The summed E-state index contributed by atoms with van der Waals surface area (Å²) in [7, 11) is 0. The third-order valence-electron chi connectivity index (χ3n) is 3.67. The summed E-state index contributed by atoms with van der Waals surface area (Å²) >= 11 is 0. The van der Waals surface area contributed by atoms with Crippen LogP contribution < -0.4 is 5.32 Å². The molecule has 1 aliphatic heterocycles. The first kappa shape index (κ1) is 14.1. The molecule has 6 nitrogen and oxygen atoms in total. The van der Waals surface area contributed by atoms with E-state index in [0.29, 0.717) is 17.3 Å². The highest BCUT2D eigenvalue weighted by Gasteiger charge is 2.25. The molecule has 2 aromatic heterocycles. The Balaban J connectivity index is 1.82. The van der Waals surface area contributed by atoms with E-state index in [2.05, 4.69) is 32.3 Å². The number of nitrogens with zero attached hydrogens (tertiary/aromatic N) is 4. The second-order valence-corrected chi connectivity index (χ2v) is 5.06. The molecule has 1 fully saturated rings. The van der Waals surface area contributed by atoms with Gasteiger partial charge in [0, 0.05) is 32.4 Å². The van der Waals surface area contributed by atoms with Crippen molar-refractivity contribution in [2.45, 2.75) is 19.4 Å². The SMILES string of the molecule is CCC(c1noc(-c2cncc(F)c2)n1)N1CCNCC1. The molecule has 0 amide bonds. The van der Waals surface area contributed by atoms with Crippen molar-refractivity contribution < 1.29 is 8.91 Å². The van der Waals surface area contributed by atoms with Crippen molar-refractivity contribution in [1.82, 2.24) is 25.3 Å². The molecule has 0 aromatic carbocycles. The van der Waals surface area contributed by atoms with E-state index in [4.69, 9.17) is 4.52 Å². The monoisotopic (exact) mass is 291 g/mol. The predicted octanol–water partition coefficient (Wildman–Crippen LogP) is 1.63. The van der Waals surface area contributed by atoms with Gasteiger partial charge in [-0.15, -0.1) is 0 Å². The second-order valence-electron chi connectivity index (χ2n) is 5.06. The van der Waals surface area contributed by atoms with Gasteiger partial charge in [-0.25, -0.2) is 4.39 Å². The quantitative estimate of drug-likeness (QED) is 0.923. The van der Waals surface area contributed by atoms with Gasteiger partial charge in [-0.2, -0.15) is 4.98 Å². The van der Waals surface area contributed by atoms with Crippen LogP contribution in [0.1, 0.15) is 25.2 Å². The number of pyridine rings is 1. The molecule has 7 heteroatoms. The Kier molecular flexibility index (Phi) is 4.21. The minimum Gasteiger partial charge on any atom is -0.334 e. The summed E-state index contributed by atoms with van der Waals surface area (Å²) in [4.78, 5) is 10.6. The van der Waals surface area contributed by atoms with E-state index >= 15 is 0 Å². The highest BCUT2D eigenvalue weighted by Crippen LogP contribution is 2.25. The van der Waals surface area contributed by atoms with Gasteiger partial charge in [0.25, 0.3) is 5.89 Å². The fourth-order valence-electron chi connectivity index (χ4n) is 2.61. The number of aromatic nitrogens is 3. The first-order valence-corrected chi connectivity index (χ1v) is 7.17. The Labute approximate surface area is 122 Å². The van der Waals surface area contributed by atoms with Crippen molar-refractivity contribution in [2.75, 3.05) is 26.2 Å². The molecule has 1 N–H and O–H groups in total. The van der Waals surface area contributed by atoms with Gasteiger partial charge in [0.1, 0.15) is 5.82 Å². The van der Waals surface area contributed by atoms with E-state index in [1.54, 1.807) is 0 Å². The summed E-state index contributed by atoms with van der Waals surface area (Å²) in [5, 5.41) is 7.40. The van der Waals surface area contributed by atoms with Crippen LogP contribution in [0.25, 0.3) is 11.5 Å². The molecule has 1 unspecified atom stereocenters. The minimum atomic E-state index is -0.415. The fraction of sp³-hybridized carbons (Fsp3) is 0.500. The van der Waals surface area contributed by atoms with Gasteiger partial charge in [-0.3, -0.25) is 9.88 Å². The molecule has 1 atom stereocenters. The molecule has 112 valence electrons. The number of hydrogen-bond acceptors (Lipinski definition) is 6. The Morgan fingerprint density at radius 1 is 1.38 bits per heavy atom. The molecular weight excluding hydrogens is 273 g/mol. The lowest BCUT2D eigenvalue weighted by atomic mass is 10.1. The van der Waals surface area contributed by atoms with Crippen LogP contribution in [0.15, 0.2) is 23.0 Å². The molecule has 2 aromatic rings. The van der Waals surface area contributed by atoms with Crippen molar-refractivity contribution >= 4 is 0 Å². The van der Waals surface area contributed by atoms with Gasteiger partial charge < -0.3 is 9.84 Å². The maximum atomic E-state index is 13.2. The number of rotatable bonds is 4. The summed E-state index contributed by atoms with van der Waals surface area (Å²) in [5.41, 5.74) is 0.504. The zero-order valence-corrected chi connectivity index (χ0v) is 11.9. The molecule has 0 aliphatic carbocycles. The second kappa shape index (κ2) is 6.28. The maximum absolute atomic E-state index is 13.2. The lowest BCUT2D eigenvalue weighted by Gasteiger charge is -2.32. The third kappa shape index (κ3) is 3.08. The average molecular weight is 291 g/mol. The molecule has 21 heavy (non-hydrogen) atoms. The van der Waals surface area contributed by atoms with E-state index in [1.165, 1.54) is 12.3 Å². The van der Waals surface area contributed by atoms with Crippen LogP contribution >= 0.6 is 0 Å². The number of nitrogens with one attached hydrogen (secondary N) is 1. The first-order chi connectivity index (χ1) is 10.3. The van der Waals surface area contributed by atoms with Crippen LogP contribution in [-0.2, 0) is 0 Å². The van der Waals surface area contributed by atoms with Crippen molar-refractivity contribution in [3.8, 4) is 11.5 Å². The zero-order chi connectivity index (χ0) is 14.7. The van der Waals surface area contributed by atoms with E-state index < -0.39 is 5.82 Å². The van der Waals surface area contributed by atoms with Crippen LogP contribution in [-0.4, -0.2) is 46.2 Å². The molecule has 0 spiro atoms. The summed E-state index contributed by atoms with van der Waals surface area (Å²) < 4.78 is 18.5. The average Bonchev–Trinajstić information content (AvgIpc) is 2.99. The molecular formula is C14H18FN5O. The molecule has 1 saturated heterocycles. The van der Waals surface area contributed by atoms with E-state index in [1.807, 2.05) is 0 Å². The van der Waals surface area contributed by atoms with Gasteiger partial charge in [0.05, 0.1) is 17.8 Å². The van der Waals surface area contributed by atoms with Gasteiger partial charge >= 0.3 is 0 Å². The summed E-state index contributed by atoms with van der Waals surface area (Å²) in [6, 6.07) is 1.47. The Hall–Kier alpha value is -1.86. The smallest absolute Gasteiger partial charge is 0.259 e. The molecule has 0 saturated carbocycles. The van der Waals surface area contributed by atoms with Crippen LogP contribution in [0.4, 0.5) is 4.39 Å². The van der Waals surface area contributed by atoms with Crippen molar-refractivity contribution in [1.29, 1.82) is 0 Å². The number of halogens is 1. The molecule has 0 bridgehead atoms. The number of piperazine rings is 1. The van der Waals surface area contributed by atoms with Crippen molar-refractivity contribution in [2.24, 2.45) is 0 Å². The topological polar surface area (TPSA) is 67.1 Å². The van der Waals surface area contributed by atoms with Gasteiger partial charge in [-0.1, -0.05) is 12.1 Å². The summed E-state index contributed by atoms with van der Waals surface area (Å²) in [5.74, 6) is 0.547. The summed E-state index contributed by atoms with van der Waals surface area (Å²) in [6.45, 7) is 5.96. The van der Waals surface area contributed by atoms with Gasteiger partial charge in [0.2, 0.25) is 0 Å². The fourth-order valence-corrected chi connectivity index (χ4v) is 2.61. The lowest BCUT2D eigenvalue weighted by Crippen LogP contribution is -2.45. The van der Waals surface area contributed by atoms with Crippen molar-refractivity contribution in [3.05, 3.63) is 30.1 Å². The highest BCUT2D eigenvalue weighted by atomic mass is 19.1. The normalized spacial score (nSPS) is 17.8. The van der Waals surface area contributed by atoms with Crippen molar-refractivity contribution in [3.63, 3.8) is 0 Å². The van der Waals surface area contributed by atoms with E-state index in [9.17, 15) is 4.39 Å². The maximum Gasteiger partial charge on any atom is 0.259 e. The Bertz CT molecular complexity index is 597. The lowest BCUT2D eigenvalue weighted by molar-refractivity contribution is 0.160. The predicted molar refractivity (Wildman–Crippen MR) is 75.0 cm³/mol. The largest absolute Gasteiger partial charge is 0.334 e. The van der Waals surface area contributed by atoms with Crippen LogP contribution in [0, 0.1) is 5.82 Å². The Morgan fingerprint density at radius 3 is 2.90 bits per heavy atom. The minimum absolute atomic E-state index is 0.131. The van der Waals surface area contributed by atoms with Gasteiger partial charge in [-0.05, 0) is 12.5 Å². The molecule has 3 heterocycles. The third-order valence-corrected chi connectivity index (χ3v) is 3.67. The van der Waals surface area contributed by atoms with E-state index in [0.717, 1.165) is 38.8 Å². The Morgan fingerprint density at radius 2 is 2.19 bits per heavy atom. The molecule has 3 rings (SSSR count). The number of hydrogen-bond donors (Lipinski definition) is 1. The first-order valence-electron chi connectivity index (χ1n) is 7.17. The standard InChI is InChI=1S/C14H18FN5O/c1-2-12(20-5-3-16-4-6-20)13-18-14(21-19-13)10-7-11(15)9-17-8-10/h7-9,12,16H,2-6H2,1H3. The van der Waals surface area contributed by atoms with Crippen LogP contribution in [0.3, 0.4) is 0 Å².